The highest BCUT2D eigenvalue weighted by Gasteiger charge is 2.09. The fraction of sp³-hybridized carbons (Fsp3) is 0.304. The topological polar surface area (TPSA) is 54.7 Å². The molecule has 0 fully saturated rings. The van der Waals surface area contributed by atoms with Gasteiger partial charge in [0, 0.05) is 46.1 Å². The third-order valence-corrected chi connectivity index (χ3v) is 4.86. The zero-order valence-electron chi connectivity index (χ0n) is 17.9. The fourth-order valence-electron chi connectivity index (χ4n) is 3.30. The van der Waals surface area contributed by atoms with Crippen LogP contribution in [0.3, 0.4) is 0 Å². The summed E-state index contributed by atoms with van der Waals surface area (Å²) in [4.78, 5) is 10.6. The number of hydrogen-bond donors (Lipinski definition) is 1. The lowest BCUT2D eigenvalue weighted by atomic mass is 10.1. The predicted octanol–water partition coefficient (Wildman–Crippen LogP) is 4.05. The van der Waals surface area contributed by atoms with Crippen molar-refractivity contribution >= 4 is 5.96 Å². The van der Waals surface area contributed by atoms with Gasteiger partial charge in [-0.3, -0.25) is 4.99 Å². The first-order valence-corrected chi connectivity index (χ1v) is 9.95. The van der Waals surface area contributed by atoms with E-state index in [2.05, 4.69) is 42.8 Å². The van der Waals surface area contributed by atoms with Gasteiger partial charge >= 0.3 is 6.61 Å². The van der Waals surface area contributed by atoms with E-state index < -0.39 is 6.61 Å². The van der Waals surface area contributed by atoms with E-state index in [1.54, 1.807) is 37.5 Å². The molecule has 1 heterocycles. The maximum absolute atomic E-state index is 12.3. The molecule has 6 nitrogen and oxygen atoms in total. The number of halogens is 2. The third-order valence-electron chi connectivity index (χ3n) is 4.86. The van der Waals surface area contributed by atoms with Crippen molar-refractivity contribution in [2.24, 2.45) is 4.99 Å². The Kier molecular flexibility index (Phi) is 7.59. The first-order chi connectivity index (χ1) is 14.9. The van der Waals surface area contributed by atoms with Crippen LogP contribution in [-0.2, 0) is 19.6 Å². The van der Waals surface area contributed by atoms with Gasteiger partial charge in [0.15, 0.2) is 5.96 Å². The number of aryl methyl sites for hydroxylation is 1. The Balaban J connectivity index is 1.56. The summed E-state index contributed by atoms with van der Waals surface area (Å²) < 4.78 is 31.1. The second-order valence-electron chi connectivity index (χ2n) is 7.20. The molecular weight excluding hydrogens is 400 g/mol. The van der Waals surface area contributed by atoms with Crippen LogP contribution in [0.1, 0.15) is 22.5 Å². The molecule has 1 aromatic heterocycles. The number of aromatic nitrogens is 2. The highest BCUT2D eigenvalue weighted by atomic mass is 19.3. The van der Waals surface area contributed by atoms with Gasteiger partial charge in [-0.1, -0.05) is 36.4 Å². The van der Waals surface area contributed by atoms with Crippen molar-refractivity contribution in [3.8, 4) is 5.75 Å². The standard InChI is InChI=1S/C23H27F2N5O/c1-17-27-11-12-30(17)16-20-6-4-5-19(13-20)14-28-23(26-2)29(3)15-18-7-9-21(10-8-18)31-22(24)25/h4-13,22H,14-16H2,1-3H3,(H,26,28). The monoisotopic (exact) mass is 427 g/mol. The van der Waals surface area contributed by atoms with Crippen molar-refractivity contribution in [1.82, 2.24) is 19.8 Å². The van der Waals surface area contributed by atoms with E-state index >= 15 is 0 Å². The number of nitrogens with one attached hydrogen (secondary N) is 1. The normalized spacial score (nSPS) is 11.6. The van der Waals surface area contributed by atoms with Gasteiger partial charge in [-0.05, 0) is 35.7 Å². The number of aliphatic imine (C=N–C) groups is 1. The average Bonchev–Trinajstić information content (AvgIpc) is 3.14. The number of benzene rings is 2. The summed E-state index contributed by atoms with van der Waals surface area (Å²) in [6.45, 7) is 1.16. The number of guanidine groups is 1. The van der Waals surface area contributed by atoms with E-state index in [1.165, 1.54) is 5.56 Å². The average molecular weight is 427 g/mol. The minimum absolute atomic E-state index is 0.148. The molecule has 31 heavy (non-hydrogen) atoms. The maximum Gasteiger partial charge on any atom is 0.387 e. The van der Waals surface area contributed by atoms with Crippen LogP contribution in [0.5, 0.6) is 5.75 Å². The van der Waals surface area contributed by atoms with Gasteiger partial charge in [-0.2, -0.15) is 8.78 Å². The zero-order chi connectivity index (χ0) is 22.2. The first-order valence-electron chi connectivity index (χ1n) is 9.95. The molecule has 164 valence electrons. The van der Waals surface area contributed by atoms with Gasteiger partial charge in [0.25, 0.3) is 0 Å². The lowest BCUT2D eigenvalue weighted by molar-refractivity contribution is -0.0498. The Morgan fingerprint density at radius 1 is 1.16 bits per heavy atom. The zero-order valence-corrected chi connectivity index (χ0v) is 17.9. The van der Waals surface area contributed by atoms with Crippen LogP contribution in [0.15, 0.2) is 65.9 Å². The van der Waals surface area contributed by atoms with Gasteiger partial charge in [0.05, 0.1) is 0 Å². The van der Waals surface area contributed by atoms with E-state index in [9.17, 15) is 8.78 Å². The quantitative estimate of drug-likeness (QED) is 0.435. The molecule has 0 saturated carbocycles. The van der Waals surface area contributed by atoms with Crippen molar-refractivity contribution in [3.05, 3.63) is 83.4 Å². The van der Waals surface area contributed by atoms with Crippen LogP contribution >= 0.6 is 0 Å². The molecule has 0 spiro atoms. The van der Waals surface area contributed by atoms with Gasteiger partial charge in [0.2, 0.25) is 0 Å². The van der Waals surface area contributed by atoms with Crippen molar-refractivity contribution in [1.29, 1.82) is 0 Å². The number of alkyl halides is 2. The smallest absolute Gasteiger partial charge is 0.387 e. The molecule has 0 unspecified atom stereocenters. The summed E-state index contributed by atoms with van der Waals surface area (Å²) >= 11 is 0. The number of nitrogens with zero attached hydrogens (tertiary/aromatic N) is 4. The highest BCUT2D eigenvalue weighted by Crippen LogP contribution is 2.16. The number of hydrogen-bond acceptors (Lipinski definition) is 3. The largest absolute Gasteiger partial charge is 0.435 e. The molecule has 0 saturated heterocycles. The number of ether oxygens (including phenoxy) is 1. The van der Waals surface area contributed by atoms with E-state index in [4.69, 9.17) is 0 Å². The Morgan fingerprint density at radius 3 is 2.55 bits per heavy atom. The molecule has 8 heteroatoms. The molecule has 3 aromatic rings. The van der Waals surface area contributed by atoms with Crippen LogP contribution in [0.25, 0.3) is 0 Å². The van der Waals surface area contributed by atoms with E-state index in [0.717, 1.165) is 29.5 Å². The van der Waals surface area contributed by atoms with Gasteiger partial charge < -0.3 is 19.5 Å². The van der Waals surface area contributed by atoms with Crippen LogP contribution in [-0.4, -0.2) is 41.1 Å². The SMILES string of the molecule is CN=C(NCc1cccc(Cn2ccnc2C)c1)N(C)Cc1ccc(OC(F)F)cc1. The Hall–Kier alpha value is -3.42. The lowest BCUT2D eigenvalue weighted by Gasteiger charge is -2.22. The molecule has 0 radical (unpaired) electrons. The molecule has 1 N–H and O–H groups in total. The molecule has 0 aliphatic carbocycles. The minimum atomic E-state index is -2.82. The maximum atomic E-state index is 12.3. The molecule has 2 aromatic carbocycles. The molecule has 0 amide bonds. The summed E-state index contributed by atoms with van der Waals surface area (Å²) in [7, 11) is 3.66. The summed E-state index contributed by atoms with van der Waals surface area (Å²) in [5.74, 6) is 1.87. The van der Waals surface area contributed by atoms with Crippen LogP contribution < -0.4 is 10.1 Å². The second-order valence-corrected chi connectivity index (χ2v) is 7.20. The molecule has 3 rings (SSSR count). The minimum Gasteiger partial charge on any atom is -0.435 e. The third kappa shape index (κ3) is 6.53. The summed E-state index contributed by atoms with van der Waals surface area (Å²) in [5.41, 5.74) is 3.32. The summed E-state index contributed by atoms with van der Waals surface area (Å²) in [5, 5.41) is 3.37. The van der Waals surface area contributed by atoms with E-state index in [0.29, 0.717) is 13.1 Å². The fourth-order valence-corrected chi connectivity index (χ4v) is 3.30. The van der Waals surface area contributed by atoms with E-state index in [1.807, 2.05) is 31.1 Å². The predicted molar refractivity (Wildman–Crippen MR) is 117 cm³/mol. The van der Waals surface area contributed by atoms with Crippen LogP contribution in [0.2, 0.25) is 0 Å². The van der Waals surface area contributed by atoms with Crippen molar-refractivity contribution in [2.45, 2.75) is 33.2 Å². The molecular formula is C23H27F2N5O. The summed E-state index contributed by atoms with van der Waals surface area (Å²) in [6.07, 6.45) is 3.78. The van der Waals surface area contributed by atoms with Gasteiger partial charge in [0.1, 0.15) is 11.6 Å². The van der Waals surface area contributed by atoms with E-state index in [-0.39, 0.29) is 5.75 Å². The first kappa shape index (κ1) is 22.3. The van der Waals surface area contributed by atoms with Gasteiger partial charge in [-0.25, -0.2) is 4.98 Å². The Labute approximate surface area is 181 Å². The molecule has 0 atom stereocenters. The Morgan fingerprint density at radius 2 is 1.90 bits per heavy atom. The molecule has 0 aliphatic heterocycles. The Bertz CT molecular complexity index is 1000. The second kappa shape index (κ2) is 10.6. The highest BCUT2D eigenvalue weighted by molar-refractivity contribution is 5.79. The van der Waals surface area contributed by atoms with Crippen LogP contribution in [0, 0.1) is 6.92 Å². The number of rotatable bonds is 8. The molecule has 0 bridgehead atoms. The van der Waals surface area contributed by atoms with Crippen molar-refractivity contribution in [2.75, 3.05) is 14.1 Å². The van der Waals surface area contributed by atoms with Crippen LogP contribution in [0.4, 0.5) is 8.78 Å². The van der Waals surface area contributed by atoms with Gasteiger partial charge in [-0.15, -0.1) is 0 Å². The molecule has 0 aliphatic rings. The van der Waals surface area contributed by atoms with Crippen molar-refractivity contribution < 1.29 is 13.5 Å². The lowest BCUT2D eigenvalue weighted by Crippen LogP contribution is -2.38. The number of imidazole rings is 1. The summed E-state index contributed by atoms with van der Waals surface area (Å²) in [6, 6.07) is 15.0. The van der Waals surface area contributed by atoms with Crippen molar-refractivity contribution in [3.63, 3.8) is 0 Å².